The summed E-state index contributed by atoms with van der Waals surface area (Å²) in [7, 11) is -3.23. The van der Waals surface area contributed by atoms with E-state index in [9.17, 15) is 8.42 Å². The second-order valence-corrected chi connectivity index (χ2v) is 4.40. The van der Waals surface area contributed by atoms with Crippen molar-refractivity contribution in [2.45, 2.75) is 31.8 Å². The summed E-state index contributed by atoms with van der Waals surface area (Å²) < 4.78 is 26.1. The van der Waals surface area contributed by atoms with E-state index >= 15 is 0 Å². The fraction of sp³-hybridized carbons (Fsp3) is 1.00. The minimum Gasteiger partial charge on any atom is -0.264 e. The van der Waals surface area contributed by atoms with Gasteiger partial charge < -0.3 is 0 Å². The summed E-state index contributed by atoms with van der Waals surface area (Å²) in [5.74, 6) is 0. The van der Waals surface area contributed by atoms with Crippen molar-refractivity contribution >= 4 is 10.1 Å². The minimum atomic E-state index is -3.23. The van der Waals surface area contributed by atoms with E-state index in [2.05, 4.69) is 0 Å². The summed E-state index contributed by atoms with van der Waals surface area (Å²) in [6, 6.07) is 0. The predicted molar refractivity (Wildman–Crippen MR) is 38.2 cm³/mol. The maximum absolute atomic E-state index is 10.6. The first-order valence-electron chi connectivity index (χ1n) is 3.38. The molecule has 60 valence electrons. The molecule has 1 saturated carbocycles. The SMILES string of the molecule is CCC1(OS(C)(=O)=O)CC1. The third-order valence-electron chi connectivity index (χ3n) is 1.78. The molecule has 1 rings (SSSR count). The van der Waals surface area contributed by atoms with Crippen LogP contribution >= 0.6 is 0 Å². The second kappa shape index (κ2) is 2.20. The molecule has 1 fully saturated rings. The van der Waals surface area contributed by atoms with Crippen molar-refractivity contribution in [3.8, 4) is 0 Å². The van der Waals surface area contributed by atoms with Crippen molar-refractivity contribution in [3.05, 3.63) is 0 Å². The molecule has 0 aromatic carbocycles. The molecule has 0 saturated heterocycles. The molecule has 0 spiro atoms. The number of hydrogen-bond acceptors (Lipinski definition) is 3. The molecular formula is C6H12O3S. The fourth-order valence-electron chi connectivity index (χ4n) is 0.956. The molecule has 0 aliphatic heterocycles. The molecule has 0 amide bonds. The Balaban J connectivity index is 2.54. The summed E-state index contributed by atoms with van der Waals surface area (Å²) >= 11 is 0. The summed E-state index contributed by atoms with van der Waals surface area (Å²) in [5, 5.41) is 0. The van der Waals surface area contributed by atoms with Crippen LogP contribution in [0.2, 0.25) is 0 Å². The van der Waals surface area contributed by atoms with Gasteiger partial charge in [0.15, 0.2) is 0 Å². The van der Waals surface area contributed by atoms with Crippen LogP contribution in [0.15, 0.2) is 0 Å². The average Bonchev–Trinajstić information content (AvgIpc) is 2.45. The van der Waals surface area contributed by atoms with E-state index in [-0.39, 0.29) is 5.60 Å². The van der Waals surface area contributed by atoms with Crippen molar-refractivity contribution in [1.29, 1.82) is 0 Å². The van der Waals surface area contributed by atoms with Gasteiger partial charge in [-0.25, -0.2) is 0 Å². The average molecular weight is 164 g/mol. The van der Waals surface area contributed by atoms with Gasteiger partial charge in [0, 0.05) is 0 Å². The number of hydrogen-bond donors (Lipinski definition) is 0. The van der Waals surface area contributed by atoms with Crippen molar-refractivity contribution in [3.63, 3.8) is 0 Å². The van der Waals surface area contributed by atoms with Gasteiger partial charge in [0.1, 0.15) is 0 Å². The molecule has 1 aliphatic rings. The fourth-order valence-corrected chi connectivity index (χ4v) is 1.88. The van der Waals surface area contributed by atoms with E-state index in [4.69, 9.17) is 4.18 Å². The Morgan fingerprint density at radius 1 is 1.50 bits per heavy atom. The Hall–Kier alpha value is -0.0900. The molecule has 0 radical (unpaired) electrons. The van der Waals surface area contributed by atoms with Gasteiger partial charge in [0.2, 0.25) is 0 Å². The smallest absolute Gasteiger partial charge is 0.264 e. The molecule has 4 heteroatoms. The molecule has 0 N–H and O–H groups in total. The van der Waals surface area contributed by atoms with Crippen LogP contribution in [0.5, 0.6) is 0 Å². The zero-order valence-electron chi connectivity index (χ0n) is 6.25. The van der Waals surface area contributed by atoms with E-state index in [0.29, 0.717) is 0 Å². The molecular weight excluding hydrogens is 152 g/mol. The van der Waals surface area contributed by atoms with Crippen molar-refractivity contribution in [2.24, 2.45) is 0 Å². The number of rotatable bonds is 3. The van der Waals surface area contributed by atoms with Crippen LogP contribution in [-0.4, -0.2) is 20.3 Å². The maximum Gasteiger partial charge on any atom is 0.264 e. The highest BCUT2D eigenvalue weighted by Crippen LogP contribution is 2.43. The summed E-state index contributed by atoms with van der Waals surface area (Å²) in [4.78, 5) is 0. The molecule has 10 heavy (non-hydrogen) atoms. The Kier molecular flexibility index (Phi) is 1.76. The minimum absolute atomic E-state index is 0.312. The Bertz CT molecular complexity index is 213. The molecule has 0 aromatic rings. The highest BCUT2D eigenvalue weighted by atomic mass is 32.2. The van der Waals surface area contributed by atoms with Crippen molar-refractivity contribution in [2.75, 3.05) is 6.26 Å². The quantitative estimate of drug-likeness (QED) is 0.582. The van der Waals surface area contributed by atoms with Crippen LogP contribution < -0.4 is 0 Å². The van der Waals surface area contributed by atoms with Crippen LogP contribution in [0.25, 0.3) is 0 Å². The monoisotopic (exact) mass is 164 g/mol. The van der Waals surface area contributed by atoms with Gasteiger partial charge >= 0.3 is 0 Å². The maximum atomic E-state index is 10.6. The lowest BCUT2D eigenvalue weighted by Crippen LogP contribution is -2.17. The first-order chi connectivity index (χ1) is 4.47. The first kappa shape index (κ1) is 8.01. The van der Waals surface area contributed by atoms with Gasteiger partial charge in [-0.2, -0.15) is 8.42 Å². The van der Waals surface area contributed by atoms with Gasteiger partial charge in [0.05, 0.1) is 11.9 Å². The first-order valence-corrected chi connectivity index (χ1v) is 5.20. The van der Waals surface area contributed by atoms with E-state index in [1.54, 1.807) is 0 Å². The molecule has 0 bridgehead atoms. The lowest BCUT2D eigenvalue weighted by molar-refractivity contribution is 0.185. The van der Waals surface area contributed by atoms with E-state index in [1.807, 2.05) is 6.92 Å². The standard InChI is InChI=1S/C6H12O3S/c1-3-6(4-5-6)9-10(2,7)8/h3-5H2,1-2H3. The lowest BCUT2D eigenvalue weighted by atomic mass is 10.3. The third-order valence-corrected chi connectivity index (χ3v) is 2.44. The van der Waals surface area contributed by atoms with Crippen LogP contribution in [0.1, 0.15) is 26.2 Å². The summed E-state index contributed by atoms with van der Waals surface area (Å²) in [6.07, 6.45) is 3.66. The van der Waals surface area contributed by atoms with Gasteiger partial charge in [-0.1, -0.05) is 6.92 Å². The van der Waals surface area contributed by atoms with Crippen LogP contribution in [-0.2, 0) is 14.3 Å². The van der Waals surface area contributed by atoms with Gasteiger partial charge in [-0.3, -0.25) is 4.18 Å². The predicted octanol–water partition coefficient (Wildman–Crippen LogP) is 0.905. The topological polar surface area (TPSA) is 43.4 Å². The molecule has 1 aliphatic carbocycles. The normalized spacial score (nSPS) is 22.6. The second-order valence-electron chi connectivity index (χ2n) is 2.82. The van der Waals surface area contributed by atoms with Gasteiger partial charge in [0.25, 0.3) is 10.1 Å². The van der Waals surface area contributed by atoms with Crippen molar-refractivity contribution < 1.29 is 12.6 Å². The largest absolute Gasteiger partial charge is 0.264 e. The lowest BCUT2D eigenvalue weighted by Gasteiger charge is -2.10. The van der Waals surface area contributed by atoms with E-state index in [1.165, 1.54) is 0 Å². The molecule has 0 atom stereocenters. The van der Waals surface area contributed by atoms with Gasteiger partial charge in [-0.05, 0) is 19.3 Å². The van der Waals surface area contributed by atoms with Crippen LogP contribution in [0, 0.1) is 0 Å². The highest BCUT2D eigenvalue weighted by Gasteiger charge is 2.45. The molecule has 0 aromatic heterocycles. The summed E-state index contributed by atoms with van der Waals surface area (Å²) in [5.41, 5.74) is -0.312. The van der Waals surface area contributed by atoms with E-state index in [0.717, 1.165) is 25.5 Å². The Labute approximate surface area is 61.5 Å². The zero-order chi connectivity index (χ0) is 7.83. The molecule has 3 nitrogen and oxygen atoms in total. The zero-order valence-corrected chi connectivity index (χ0v) is 7.07. The van der Waals surface area contributed by atoms with Crippen LogP contribution in [0.4, 0.5) is 0 Å². The van der Waals surface area contributed by atoms with E-state index < -0.39 is 10.1 Å². The van der Waals surface area contributed by atoms with Crippen molar-refractivity contribution in [1.82, 2.24) is 0 Å². The summed E-state index contributed by atoms with van der Waals surface area (Å²) in [6.45, 7) is 1.94. The molecule has 0 heterocycles. The van der Waals surface area contributed by atoms with Gasteiger partial charge in [-0.15, -0.1) is 0 Å². The van der Waals surface area contributed by atoms with Crippen LogP contribution in [0.3, 0.4) is 0 Å². The third kappa shape index (κ3) is 1.95. The Morgan fingerprint density at radius 2 is 2.00 bits per heavy atom. The highest BCUT2D eigenvalue weighted by molar-refractivity contribution is 7.86. The Morgan fingerprint density at radius 3 is 2.10 bits per heavy atom. The molecule has 0 unspecified atom stereocenters.